The van der Waals surface area contributed by atoms with Crippen LogP contribution in [0.2, 0.25) is 0 Å². The molecule has 0 bridgehead atoms. The molecule has 0 aromatic heterocycles. The van der Waals surface area contributed by atoms with Crippen molar-refractivity contribution < 1.29 is 13.9 Å². The second-order valence-corrected chi connectivity index (χ2v) is 4.89. The number of hydrogen-bond donors (Lipinski definition) is 1. The van der Waals surface area contributed by atoms with Crippen LogP contribution in [0, 0.1) is 11.7 Å². The first-order valence-electron chi connectivity index (χ1n) is 6.45. The molecular formula is C14H19FN2O2. The Bertz CT molecular complexity index is 457. The highest BCUT2D eigenvalue weighted by Crippen LogP contribution is 2.22. The van der Waals surface area contributed by atoms with E-state index in [1.54, 1.807) is 18.1 Å². The fraction of sp³-hybridized carbons (Fsp3) is 0.500. The number of methoxy groups -OCH3 is 1. The zero-order valence-electron chi connectivity index (χ0n) is 11.1. The van der Waals surface area contributed by atoms with E-state index in [-0.39, 0.29) is 17.2 Å². The van der Waals surface area contributed by atoms with Crippen LogP contribution < -0.4 is 5.73 Å². The Morgan fingerprint density at radius 2 is 2.16 bits per heavy atom. The van der Waals surface area contributed by atoms with Crippen LogP contribution in [0.15, 0.2) is 18.2 Å². The molecule has 0 saturated carbocycles. The van der Waals surface area contributed by atoms with Gasteiger partial charge in [-0.15, -0.1) is 0 Å². The summed E-state index contributed by atoms with van der Waals surface area (Å²) in [6.45, 7) is 2.07. The van der Waals surface area contributed by atoms with Crippen molar-refractivity contribution in [3.63, 3.8) is 0 Å². The lowest BCUT2D eigenvalue weighted by Gasteiger charge is -2.32. The van der Waals surface area contributed by atoms with Crippen LogP contribution >= 0.6 is 0 Å². The van der Waals surface area contributed by atoms with Crippen molar-refractivity contribution in [2.75, 3.05) is 32.5 Å². The third-order valence-corrected chi connectivity index (χ3v) is 3.59. The van der Waals surface area contributed by atoms with Crippen molar-refractivity contribution in [2.45, 2.75) is 12.8 Å². The largest absolute Gasteiger partial charge is 0.396 e. The molecule has 1 heterocycles. The van der Waals surface area contributed by atoms with E-state index in [1.807, 2.05) is 0 Å². The molecule has 0 aliphatic carbocycles. The summed E-state index contributed by atoms with van der Waals surface area (Å²) >= 11 is 0. The number of halogens is 1. The molecule has 1 aliphatic rings. The molecule has 0 radical (unpaired) electrons. The number of carbonyl (C=O) groups is 1. The van der Waals surface area contributed by atoms with Gasteiger partial charge in [0.2, 0.25) is 0 Å². The van der Waals surface area contributed by atoms with E-state index in [1.165, 1.54) is 12.1 Å². The smallest absolute Gasteiger partial charge is 0.256 e. The molecular weight excluding hydrogens is 247 g/mol. The van der Waals surface area contributed by atoms with Gasteiger partial charge in [0.05, 0.1) is 11.3 Å². The Kier molecular flexibility index (Phi) is 4.37. The van der Waals surface area contributed by atoms with Crippen LogP contribution in [0.5, 0.6) is 0 Å². The summed E-state index contributed by atoms with van der Waals surface area (Å²) < 4.78 is 18.5. The number of anilines is 1. The summed E-state index contributed by atoms with van der Waals surface area (Å²) in [5, 5.41) is 0. The first-order valence-corrected chi connectivity index (χ1v) is 6.45. The Morgan fingerprint density at radius 3 is 2.79 bits per heavy atom. The molecule has 5 heteroatoms. The Balaban J connectivity index is 2.03. The van der Waals surface area contributed by atoms with E-state index in [0.717, 1.165) is 19.4 Å². The molecule has 0 atom stereocenters. The molecule has 1 fully saturated rings. The molecule has 104 valence electrons. The van der Waals surface area contributed by atoms with Crippen molar-refractivity contribution in [1.82, 2.24) is 4.90 Å². The molecule has 19 heavy (non-hydrogen) atoms. The second kappa shape index (κ2) is 6.02. The lowest BCUT2D eigenvalue weighted by molar-refractivity contribution is 0.0614. The summed E-state index contributed by atoms with van der Waals surface area (Å²) in [7, 11) is 1.69. The van der Waals surface area contributed by atoms with Gasteiger partial charge in [-0.25, -0.2) is 4.39 Å². The topological polar surface area (TPSA) is 55.6 Å². The van der Waals surface area contributed by atoms with E-state index in [0.29, 0.717) is 19.0 Å². The summed E-state index contributed by atoms with van der Waals surface area (Å²) in [4.78, 5) is 14.0. The van der Waals surface area contributed by atoms with Crippen molar-refractivity contribution in [1.29, 1.82) is 0 Å². The molecule has 0 unspecified atom stereocenters. The van der Waals surface area contributed by atoms with Crippen LogP contribution in [-0.2, 0) is 4.74 Å². The Hall–Kier alpha value is -1.62. The van der Waals surface area contributed by atoms with Gasteiger partial charge in [-0.05, 0) is 30.9 Å². The average Bonchev–Trinajstić information content (AvgIpc) is 2.42. The maximum atomic E-state index is 13.4. The second-order valence-electron chi connectivity index (χ2n) is 4.89. The van der Waals surface area contributed by atoms with Gasteiger partial charge >= 0.3 is 0 Å². The molecule has 2 N–H and O–H groups in total. The quantitative estimate of drug-likeness (QED) is 0.850. The van der Waals surface area contributed by atoms with Crippen molar-refractivity contribution in [3.8, 4) is 0 Å². The number of para-hydroxylation sites is 1. The number of nitrogens with two attached hydrogens (primary N) is 1. The average molecular weight is 266 g/mol. The number of hydrogen-bond acceptors (Lipinski definition) is 3. The number of piperidine rings is 1. The molecule has 4 nitrogen and oxygen atoms in total. The summed E-state index contributed by atoms with van der Waals surface area (Å²) in [5.74, 6) is -0.230. The monoisotopic (exact) mass is 266 g/mol. The highest BCUT2D eigenvalue weighted by Gasteiger charge is 2.25. The predicted octanol–water partition coefficient (Wildman–Crippen LogP) is 1.91. The fourth-order valence-electron chi connectivity index (χ4n) is 2.43. The standard InChI is InChI=1S/C14H19FN2O2/c1-19-9-10-5-7-17(8-6-10)14(18)11-3-2-4-12(15)13(11)16/h2-4,10H,5-9,16H2,1H3. The minimum Gasteiger partial charge on any atom is -0.396 e. The van der Waals surface area contributed by atoms with Crippen LogP contribution in [0.4, 0.5) is 10.1 Å². The normalized spacial score (nSPS) is 16.6. The number of amides is 1. The summed E-state index contributed by atoms with van der Waals surface area (Å²) in [5.41, 5.74) is 5.81. The Morgan fingerprint density at radius 1 is 1.47 bits per heavy atom. The van der Waals surface area contributed by atoms with Gasteiger partial charge < -0.3 is 15.4 Å². The Labute approximate surface area is 112 Å². The maximum Gasteiger partial charge on any atom is 0.256 e. The molecule has 2 rings (SSSR count). The zero-order chi connectivity index (χ0) is 13.8. The van der Waals surface area contributed by atoms with Gasteiger partial charge in [0.25, 0.3) is 5.91 Å². The lowest BCUT2D eigenvalue weighted by Crippen LogP contribution is -2.39. The van der Waals surface area contributed by atoms with Crippen LogP contribution in [0.3, 0.4) is 0 Å². The number of likely N-dealkylation sites (tertiary alicyclic amines) is 1. The van der Waals surface area contributed by atoms with E-state index in [9.17, 15) is 9.18 Å². The number of nitrogen functional groups attached to an aromatic ring is 1. The van der Waals surface area contributed by atoms with Crippen molar-refractivity contribution >= 4 is 11.6 Å². The van der Waals surface area contributed by atoms with Crippen LogP contribution in [0.1, 0.15) is 23.2 Å². The maximum absolute atomic E-state index is 13.4. The number of benzene rings is 1. The van der Waals surface area contributed by atoms with Crippen molar-refractivity contribution in [3.05, 3.63) is 29.6 Å². The third-order valence-electron chi connectivity index (χ3n) is 3.59. The number of rotatable bonds is 3. The predicted molar refractivity (Wildman–Crippen MR) is 71.3 cm³/mol. The van der Waals surface area contributed by atoms with Gasteiger partial charge in [-0.2, -0.15) is 0 Å². The highest BCUT2D eigenvalue weighted by molar-refractivity contribution is 5.99. The fourth-order valence-corrected chi connectivity index (χ4v) is 2.43. The van der Waals surface area contributed by atoms with Gasteiger partial charge in [-0.3, -0.25) is 4.79 Å². The third kappa shape index (κ3) is 3.04. The first-order chi connectivity index (χ1) is 9.13. The molecule has 1 aromatic carbocycles. The van der Waals surface area contributed by atoms with E-state index < -0.39 is 5.82 Å². The van der Waals surface area contributed by atoms with E-state index in [2.05, 4.69) is 0 Å². The van der Waals surface area contributed by atoms with Gasteiger partial charge in [0.1, 0.15) is 5.82 Å². The molecule has 1 aliphatic heterocycles. The molecule has 1 aromatic rings. The molecule has 0 spiro atoms. The summed E-state index contributed by atoms with van der Waals surface area (Å²) in [6, 6.07) is 4.34. The lowest BCUT2D eigenvalue weighted by atomic mass is 9.97. The van der Waals surface area contributed by atoms with Gasteiger partial charge in [0, 0.05) is 26.8 Å². The van der Waals surface area contributed by atoms with Crippen LogP contribution in [-0.4, -0.2) is 37.6 Å². The minimum absolute atomic E-state index is 0.0634. The number of carbonyl (C=O) groups excluding carboxylic acids is 1. The highest BCUT2D eigenvalue weighted by atomic mass is 19.1. The first kappa shape index (κ1) is 13.8. The van der Waals surface area contributed by atoms with Gasteiger partial charge in [-0.1, -0.05) is 6.07 Å². The van der Waals surface area contributed by atoms with Crippen molar-refractivity contribution in [2.24, 2.45) is 5.92 Å². The van der Waals surface area contributed by atoms with Gasteiger partial charge in [0.15, 0.2) is 0 Å². The summed E-state index contributed by atoms with van der Waals surface area (Å²) in [6.07, 6.45) is 1.82. The molecule has 1 saturated heterocycles. The molecule has 1 amide bonds. The number of nitrogens with zero attached hydrogens (tertiary/aromatic N) is 1. The minimum atomic E-state index is -0.542. The number of ether oxygens (including phenoxy) is 1. The van der Waals surface area contributed by atoms with E-state index in [4.69, 9.17) is 10.5 Å². The van der Waals surface area contributed by atoms with Crippen LogP contribution in [0.25, 0.3) is 0 Å². The SMILES string of the molecule is COCC1CCN(C(=O)c2cccc(F)c2N)CC1. The van der Waals surface area contributed by atoms with E-state index >= 15 is 0 Å². The zero-order valence-corrected chi connectivity index (χ0v) is 11.1.